The van der Waals surface area contributed by atoms with Crippen LogP contribution in [0, 0.1) is 5.82 Å². The molecule has 0 fully saturated rings. The highest BCUT2D eigenvalue weighted by molar-refractivity contribution is 9.10. The van der Waals surface area contributed by atoms with Crippen LogP contribution in [0.4, 0.5) is 10.1 Å². The van der Waals surface area contributed by atoms with Crippen LogP contribution in [0.2, 0.25) is 0 Å². The van der Waals surface area contributed by atoms with Gasteiger partial charge in [-0.3, -0.25) is 0 Å². The van der Waals surface area contributed by atoms with Crippen molar-refractivity contribution in [1.29, 1.82) is 0 Å². The van der Waals surface area contributed by atoms with Gasteiger partial charge in [0.2, 0.25) is 0 Å². The first kappa shape index (κ1) is 8.01. The molecule has 62 valence electrons. The van der Waals surface area contributed by atoms with E-state index in [9.17, 15) is 4.39 Å². The summed E-state index contributed by atoms with van der Waals surface area (Å²) < 4.78 is 14.7. The molecule has 0 spiro atoms. The Labute approximate surface area is 81.1 Å². The quantitative estimate of drug-likeness (QED) is 0.708. The molecular weight excluding hydrogens is 241 g/mol. The fourth-order valence-electron chi connectivity index (χ4n) is 1.05. The Morgan fingerprint density at radius 3 is 3.00 bits per heavy atom. The van der Waals surface area contributed by atoms with E-state index < -0.39 is 0 Å². The lowest BCUT2D eigenvalue weighted by Crippen LogP contribution is -1.91. The number of nitrogen functional groups attached to an aromatic ring is 1. The summed E-state index contributed by atoms with van der Waals surface area (Å²) in [6, 6.07) is 3.32. The summed E-state index contributed by atoms with van der Waals surface area (Å²) in [5.41, 5.74) is 5.68. The standard InChI is InChI=1S/C8H5BrFNS/c9-6-7(11)5(10)3-4-1-2-12-8(4)6/h1-3H,11H2. The monoisotopic (exact) mass is 245 g/mol. The minimum atomic E-state index is -0.368. The van der Waals surface area contributed by atoms with E-state index in [1.54, 1.807) is 11.3 Å². The number of fused-ring (bicyclic) bond motifs is 1. The number of halogens is 2. The van der Waals surface area contributed by atoms with Gasteiger partial charge in [0.25, 0.3) is 0 Å². The maximum atomic E-state index is 13.0. The van der Waals surface area contributed by atoms with E-state index in [0.717, 1.165) is 10.1 Å². The van der Waals surface area contributed by atoms with E-state index in [2.05, 4.69) is 15.9 Å². The van der Waals surface area contributed by atoms with Crippen molar-refractivity contribution >= 4 is 43.0 Å². The van der Waals surface area contributed by atoms with Gasteiger partial charge >= 0.3 is 0 Å². The second kappa shape index (κ2) is 2.71. The van der Waals surface area contributed by atoms with Gasteiger partial charge in [-0.05, 0) is 38.8 Å². The van der Waals surface area contributed by atoms with Crippen molar-refractivity contribution in [3.8, 4) is 0 Å². The molecule has 12 heavy (non-hydrogen) atoms. The number of rotatable bonds is 0. The fourth-order valence-corrected chi connectivity index (χ4v) is 2.58. The van der Waals surface area contributed by atoms with Crippen molar-refractivity contribution in [3.05, 3.63) is 27.8 Å². The van der Waals surface area contributed by atoms with Gasteiger partial charge < -0.3 is 5.73 Å². The highest BCUT2D eigenvalue weighted by Gasteiger charge is 2.08. The second-order valence-electron chi connectivity index (χ2n) is 2.42. The maximum Gasteiger partial charge on any atom is 0.147 e. The summed E-state index contributed by atoms with van der Waals surface area (Å²) in [5, 5.41) is 2.80. The molecule has 2 aromatic rings. The zero-order valence-electron chi connectivity index (χ0n) is 5.97. The molecule has 2 rings (SSSR count). The number of hydrogen-bond donors (Lipinski definition) is 1. The first-order valence-electron chi connectivity index (χ1n) is 3.31. The van der Waals surface area contributed by atoms with E-state index in [4.69, 9.17) is 5.73 Å². The summed E-state index contributed by atoms with van der Waals surface area (Å²) in [6.45, 7) is 0. The Morgan fingerprint density at radius 2 is 2.25 bits per heavy atom. The van der Waals surface area contributed by atoms with E-state index in [1.807, 2.05) is 11.4 Å². The average molecular weight is 246 g/mol. The van der Waals surface area contributed by atoms with Gasteiger partial charge in [0.15, 0.2) is 0 Å². The van der Waals surface area contributed by atoms with Crippen molar-refractivity contribution < 1.29 is 4.39 Å². The molecule has 0 atom stereocenters. The number of nitrogens with two attached hydrogens (primary N) is 1. The molecule has 0 amide bonds. The molecule has 0 bridgehead atoms. The molecule has 0 saturated heterocycles. The Hall–Kier alpha value is -0.610. The Bertz CT molecular complexity index is 438. The van der Waals surface area contributed by atoms with Gasteiger partial charge in [-0.2, -0.15) is 0 Å². The third-order valence-electron chi connectivity index (χ3n) is 1.67. The SMILES string of the molecule is Nc1c(F)cc2ccsc2c1Br. The van der Waals surface area contributed by atoms with Gasteiger partial charge in [-0.1, -0.05) is 0 Å². The summed E-state index contributed by atoms with van der Waals surface area (Å²) in [4.78, 5) is 0. The van der Waals surface area contributed by atoms with E-state index in [-0.39, 0.29) is 11.5 Å². The van der Waals surface area contributed by atoms with Gasteiger partial charge in [0.05, 0.1) is 14.9 Å². The third kappa shape index (κ3) is 1.03. The molecule has 0 unspecified atom stereocenters. The Morgan fingerprint density at radius 1 is 1.50 bits per heavy atom. The summed E-state index contributed by atoms with van der Waals surface area (Å²) in [6.07, 6.45) is 0. The molecule has 0 saturated carbocycles. The minimum absolute atomic E-state index is 0.185. The van der Waals surface area contributed by atoms with Crippen LogP contribution < -0.4 is 5.73 Å². The van der Waals surface area contributed by atoms with Crippen molar-refractivity contribution in [3.63, 3.8) is 0 Å². The molecule has 0 aliphatic rings. The topological polar surface area (TPSA) is 26.0 Å². The summed E-state index contributed by atoms with van der Waals surface area (Å²) in [7, 11) is 0. The molecule has 0 aliphatic heterocycles. The maximum absolute atomic E-state index is 13.0. The molecule has 1 nitrogen and oxygen atoms in total. The van der Waals surface area contributed by atoms with E-state index >= 15 is 0 Å². The normalized spacial score (nSPS) is 10.8. The predicted octanol–water partition coefficient (Wildman–Crippen LogP) is 3.39. The highest BCUT2D eigenvalue weighted by Crippen LogP contribution is 2.35. The van der Waals surface area contributed by atoms with Crippen LogP contribution in [0.3, 0.4) is 0 Å². The fraction of sp³-hybridized carbons (Fsp3) is 0. The van der Waals surface area contributed by atoms with Gasteiger partial charge in [0, 0.05) is 0 Å². The number of thiophene rings is 1. The molecule has 4 heteroatoms. The third-order valence-corrected chi connectivity index (χ3v) is 3.70. The first-order valence-corrected chi connectivity index (χ1v) is 4.98. The van der Waals surface area contributed by atoms with Crippen LogP contribution in [-0.2, 0) is 0 Å². The lowest BCUT2D eigenvalue weighted by Gasteiger charge is -2.00. The largest absolute Gasteiger partial charge is 0.395 e. The zero-order valence-corrected chi connectivity index (χ0v) is 8.38. The summed E-state index contributed by atoms with van der Waals surface area (Å²) >= 11 is 4.80. The predicted molar refractivity (Wildman–Crippen MR) is 53.9 cm³/mol. The van der Waals surface area contributed by atoms with E-state index in [1.165, 1.54) is 6.07 Å². The van der Waals surface area contributed by atoms with Gasteiger partial charge in [-0.15, -0.1) is 11.3 Å². The second-order valence-corrected chi connectivity index (χ2v) is 4.13. The minimum Gasteiger partial charge on any atom is -0.395 e. The number of hydrogen-bond acceptors (Lipinski definition) is 2. The average Bonchev–Trinajstić information content (AvgIpc) is 2.48. The Balaban J connectivity index is 2.94. The molecular formula is C8H5BrFNS. The first-order chi connectivity index (χ1) is 5.70. The Kier molecular flexibility index (Phi) is 1.81. The summed E-state index contributed by atoms with van der Waals surface area (Å²) in [5.74, 6) is -0.368. The molecule has 1 aromatic carbocycles. The number of anilines is 1. The highest BCUT2D eigenvalue weighted by atomic mass is 79.9. The van der Waals surface area contributed by atoms with E-state index in [0.29, 0.717) is 4.47 Å². The lowest BCUT2D eigenvalue weighted by molar-refractivity contribution is 0.634. The van der Waals surface area contributed by atoms with Crippen LogP contribution in [0.15, 0.2) is 22.0 Å². The van der Waals surface area contributed by atoms with Gasteiger partial charge in [-0.25, -0.2) is 4.39 Å². The van der Waals surface area contributed by atoms with Crippen LogP contribution in [0.5, 0.6) is 0 Å². The van der Waals surface area contributed by atoms with Crippen LogP contribution in [0.25, 0.3) is 10.1 Å². The molecule has 2 N–H and O–H groups in total. The van der Waals surface area contributed by atoms with Crippen LogP contribution >= 0.6 is 27.3 Å². The van der Waals surface area contributed by atoms with Crippen molar-refractivity contribution in [2.45, 2.75) is 0 Å². The molecule has 1 aromatic heterocycles. The van der Waals surface area contributed by atoms with Gasteiger partial charge in [0.1, 0.15) is 5.82 Å². The lowest BCUT2D eigenvalue weighted by atomic mass is 10.2. The smallest absolute Gasteiger partial charge is 0.147 e. The molecule has 0 aliphatic carbocycles. The van der Waals surface area contributed by atoms with Crippen LogP contribution in [-0.4, -0.2) is 0 Å². The van der Waals surface area contributed by atoms with Crippen LogP contribution in [0.1, 0.15) is 0 Å². The zero-order chi connectivity index (χ0) is 8.72. The number of benzene rings is 1. The van der Waals surface area contributed by atoms with Crippen molar-refractivity contribution in [1.82, 2.24) is 0 Å². The molecule has 0 radical (unpaired) electrons. The molecule has 1 heterocycles. The van der Waals surface area contributed by atoms with Crippen molar-refractivity contribution in [2.24, 2.45) is 0 Å². The van der Waals surface area contributed by atoms with Crippen molar-refractivity contribution in [2.75, 3.05) is 5.73 Å².